The van der Waals surface area contributed by atoms with Crippen LogP contribution in [0.15, 0.2) is 96.2 Å². The fourth-order valence-corrected chi connectivity index (χ4v) is 6.35. The number of aryl methyl sites for hydroxylation is 2. The van der Waals surface area contributed by atoms with E-state index < -0.39 is 5.60 Å². The molecule has 0 aliphatic heterocycles. The van der Waals surface area contributed by atoms with Crippen molar-refractivity contribution in [3.05, 3.63) is 123 Å². The van der Waals surface area contributed by atoms with Gasteiger partial charge in [-0.05, 0) is 40.8 Å². The summed E-state index contributed by atoms with van der Waals surface area (Å²) in [7, 11) is 3.60. The average Bonchev–Trinajstić information content (AvgIpc) is 3.52. The summed E-state index contributed by atoms with van der Waals surface area (Å²) in [6, 6.07) is 25.0. The number of fused-ring (bicyclic) bond motifs is 2. The molecule has 0 amide bonds. The van der Waals surface area contributed by atoms with Gasteiger partial charge in [-0.3, -0.25) is 4.79 Å². The fourth-order valence-electron chi connectivity index (χ4n) is 4.98. The van der Waals surface area contributed by atoms with E-state index in [1.165, 1.54) is 11.3 Å². The number of hydrogen-bond acceptors (Lipinski definition) is 4. The summed E-state index contributed by atoms with van der Waals surface area (Å²) in [6.45, 7) is 0. The number of para-hydroxylation sites is 1. The Bertz CT molecular complexity index is 1800. The Kier molecular flexibility index (Phi) is 5.34. The van der Waals surface area contributed by atoms with E-state index >= 15 is 0 Å². The molecule has 6 aromatic rings. The Morgan fingerprint density at radius 3 is 2.53 bits per heavy atom. The molecular formula is C29H22ClN3O2S. The predicted octanol–water partition coefficient (Wildman–Crippen LogP) is 6.09. The molecule has 0 spiro atoms. The first-order chi connectivity index (χ1) is 17.4. The highest BCUT2D eigenvalue weighted by Gasteiger charge is 2.40. The van der Waals surface area contributed by atoms with Crippen LogP contribution in [0.3, 0.4) is 0 Å². The average molecular weight is 512 g/mol. The highest BCUT2D eigenvalue weighted by atomic mass is 35.5. The molecule has 0 bridgehead atoms. The van der Waals surface area contributed by atoms with Gasteiger partial charge < -0.3 is 14.2 Å². The van der Waals surface area contributed by atoms with Crippen molar-refractivity contribution in [2.75, 3.05) is 0 Å². The standard InChI is InChI=1S/C29H22ClN3O2S/c1-32-17-31-16-25(32)29(35,26-14-19-7-3-4-12-24(19)36-26)23-11-6-10-21-22(15-27(34)33(2)28(21)23)18-8-5-9-20(30)13-18/h3-17,35H,1-2H3. The van der Waals surface area contributed by atoms with Crippen molar-refractivity contribution in [2.45, 2.75) is 5.60 Å². The topological polar surface area (TPSA) is 60.0 Å². The molecule has 6 rings (SSSR count). The first-order valence-electron chi connectivity index (χ1n) is 11.5. The van der Waals surface area contributed by atoms with E-state index in [-0.39, 0.29) is 5.56 Å². The summed E-state index contributed by atoms with van der Waals surface area (Å²) in [5.74, 6) is 0. The lowest BCUT2D eigenvalue weighted by molar-refractivity contribution is 0.122. The molecule has 1 unspecified atom stereocenters. The van der Waals surface area contributed by atoms with Crippen molar-refractivity contribution in [3.63, 3.8) is 0 Å². The molecule has 3 aromatic heterocycles. The zero-order valence-corrected chi connectivity index (χ0v) is 21.2. The largest absolute Gasteiger partial charge is 0.374 e. The Morgan fingerprint density at radius 1 is 0.972 bits per heavy atom. The van der Waals surface area contributed by atoms with Crippen LogP contribution in [0.5, 0.6) is 0 Å². The minimum absolute atomic E-state index is 0.173. The van der Waals surface area contributed by atoms with Crippen LogP contribution in [0.2, 0.25) is 5.02 Å². The molecule has 3 aromatic carbocycles. The SMILES string of the molecule is Cn1cncc1C(O)(c1cc2ccccc2s1)c1cccc2c(-c3cccc(Cl)c3)cc(=O)n(C)c12. The normalized spacial score (nSPS) is 13.3. The third kappa shape index (κ3) is 3.41. The number of rotatable bonds is 4. The molecule has 0 saturated carbocycles. The highest BCUT2D eigenvalue weighted by Crippen LogP contribution is 2.45. The van der Waals surface area contributed by atoms with Gasteiger partial charge in [-0.15, -0.1) is 11.3 Å². The Balaban J connectivity index is 1.74. The van der Waals surface area contributed by atoms with Crippen molar-refractivity contribution in [1.29, 1.82) is 0 Å². The molecule has 0 aliphatic carbocycles. The van der Waals surface area contributed by atoms with Crippen LogP contribution in [0.4, 0.5) is 0 Å². The van der Waals surface area contributed by atoms with E-state index in [0.717, 1.165) is 31.5 Å². The number of imidazole rings is 1. The third-order valence-corrected chi connectivity index (χ3v) is 8.21. The fraction of sp³-hybridized carbons (Fsp3) is 0.103. The number of aromatic nitrogens is 3. The summed E-state index contributed by atoms with van der Waals surface area (Å²) in [5.41, 5.74) is 1.76. The summed E-state index contributed by atoms with van der Waals surface area (Å²) < 4.78 is 4.50. The second-order valence-electron chi connectivity index (χ2n) is 8.92. The lowest BCUT2D eigenvalue weighted by atomic mass is 9.85. The van der Waals surface area contributed by atoms with Crippen molar-refractivity contribution in [2.24, 2.45) is 14.1 Å². The summed E-state index contributed by atoms with van der Waals surface area (Å²) in [4.78, 5) is 18.3. The van der Waals surface area contributed by atoms with E-state index in [1.54, 1.807) is 30.2 Å². The molecule has 1 atom stereocenters. The molecule has 0 saturated heterocycles. The molecule has 1 N–H and O–H groups in total. The van der Waals surface area contributed by atoms with Gasteiger partial charge in [0.15, 0.2) is 5.60 Å². The molecule has 36 heavy (non-hydrogen) atoms. The van der Waals surface area contributed by atoms with E-state index in [0.29, 0.717) is 21.8 Å². The van der Waals surface area contributed by atoms with Crippen molar-refractivity contribution in [1.82, 2.24) is 14.1 Å². The molecule has 0 radical (unpaired) electrons. The first kappa shape index (κ1) is 22.7. The van der Waals surface area contributed by atoms with Crippen LogP contribution in [-0.4, -0.2) is 19.2 Å². The van der Waals surface area contributed by atoms with Crippen molar-refractivity contribution >= 4 is 43.9 Å². The number of hydrogen-bond donors (Lipinski definition) is 1. The van der Waals surface area contributed by atoms with Crippen LogP contribution in [0.25, 0.3) is 32.1 Å². The van der Waals surface area contributed by atoms with E-state index in [2.05, 4.69) is 4.98 Å². The van der Waals surface area contributed by atoms with Gasteiger partial charge in [0.1, 0.15) is 0 Å². The molecule has 5 nitrogen and oxygen atoms in total. The van der Waals surface area contributed by atoms with Crippen LogP contribution in [0.1, 0.15) is 16.1 Å². The van der Waals surface area contributed by atoms with Gasteiger partial charge in [-0.1, -0.05) is 60.1 Å². The Morgan fingerprint density at radius 2 is 1.78 bits per heavy atom. The number of thiophene rings is 1. The first-order valence-corrected chi connectivity index (χ1v) is 12.6. The van der Waals surface area contributed by atoms with E-state index in [4.69, 9.17) is 11.6 Å². The van der Waals surface area contributed by atoms with Crippen LogP contribution in [-0.2, 0) is 19.7 Å². The minimum Gasteiger partial charge on any atom is -0.374 e. The van der Waals surface area contributed by atoms with Gasteiger partial charge in [0.2, 0.25) is 0 Å². The summed E-state index contributed by atoms with van der Waals surface area (Å²) in [6.07, 6.45) is 3.36. The van der Waals surface area contributed by atoms with Gasteiger partial charge in [0.05, 0.1) is 23.7 Å². The maximum atomic E-state index is 13.3. The molecule has 178 valence electrons. The minimum atomic E-state index is -1.55. The van der Waals surface area contributed by atoms with Gasteiger partial charge in [0, 0.05) is 45.7 Å². The zero-order chi connectivity index (χ0) is 25.0. The molecule has 0 aliphatic rings. The van der Waals surface area contributed by atoms with Crippen LogP contribution >= 0.6 is 22.9 Å². The second-order valence-corrected chi connectivity index (χ2v) is 10.4. The predicted molar refractivity (Wildman–Crippen MR) is 147 cm³/mol. The lowest BCUT2D eigenvalue weighted by Gasteiger charge is -2.30. The van der Waals surface area contributed by atoms with Crippen molar-refractivity contribution < 1.29 is 5.11 Å². The number of halogens is 1. The van der Waals surface area contributed by atoms with E-state index in [1.807, 2.05) is 84.4 Å². The number of nitrogens with zero attached hydrogens (tertiary/aromatic N) is 3. The molecular weight excluding hydrogens is 490 g/mol. The number of aliphatic hydroxyl groups is 1. The highest BCUT2D eigenvalue weighted by molar-refractivity contribution is 7.19. The Labute approximate surface area is 216 Å². The smallest absolute Gasteiger partial charge is 0.251 e. The quantitative estimate of drug-likeness (QED) is 0.311. The van der Waals surface area contributed by atoms with Crippen molar-refractivity contribution in [3.8, 4) is 11.1 Å². The van der Waals surface area contributed by atoms with Gasteiger partial charge in [-0.25, -0.2) is 4.98 Å². The Hall–Kier alpha value is -3.71. The molecule has 7 heteroatoms. The number of benzene rings is 3. The number of pyridine rings is 1. The van der Waals surface area contributed by atoms with Gasteiger partial charge in [-0.2, -0.15) is 0 Å². The van der Waals surface area contributed by atoms with Crippen LogP contribution in [0, 0.1) is 0 Å². The van der Waals surface area contributed by atoms with Gasteiger partial charge in [0.25, 0.3) is 5.56 Å². The monoisotopic (exact) mass is 511 g/mol. The maximum absolute atomic E-state index is 13.3. The molecule has 3 heterocycles. The van der Waals surface area contributed by atoms with Gasteiger partial charge >= 0.3 is 0 Å². The summed E-state index contributed by atoms with van der Waals surface area (Å²) in [5, 5.41) is 15.2. The maximum Gasteiger partial charge on any atom is 0.251 e. The second kappa shape index (κ2) is 8.45. The van der Waals surface area contributed by atoms with E-state index in [9.17, 15) is 9.90 Å². The molecule has 0 fully saturated rings. The third-order valence-electron chi connectivity index (χ3n) is 6.75. The zero-order valence-electron chi connectivity index (χ0n) is 19.6. The summed E-state index contributed by atoms with van der Waals surface area (Å²) >= 11 is 7.82. The lowest BCUT2D eigenvalue weighted by Crippen LogP contribution is -2.32. The van der Waals surface area contributed by atoms with Crippen LogP contribution < -0.4 is 5.56 Å².